The predicted octanol–water partition coefficient (Wildman–Crippen LogP) is 4.14. The zero-order valence-corrected chi connectivity index (χ0v) is 15.0. The molecule has 130 valence electrons. The summed E-state index contributed by atoms with van der Waals surface area (Å²) in [7, 11) is 0. The normalized spacial score (nSPS) is 16.7. The van der Waals surface area contributed by atoms with Gasteiger partial charge in [-0.1, -0.05) is 41.4 Å². The Kier molecular flexibility index (Phi) is 5.16. The molecule has 0 radical (unpaired) electrons. The van der Waals surface area contributed by atoms with E-state index in [1.165, 1.54) is 0 Å². The van der Waals surface area contributed by atoms with Crippen LogP contribution in [0.1, 0.15) is 13.3 Å². The molecule has 3 rings (SSSR count). The van der Waals surface area contributed by atoms with Crippen molar-refractivity contribution in [2.24, 2.45) is 0 Å². The van der Waals surface area contributed by atoms with Gasteiger partial charge in [-0.15, -0.1) is 0 Å². The molecule has 0 aromatic heterocycles. The lowest BCUT2D eigenvalue weighted by atomic mass is 10.1. The molecule has 1 heterocycles. The minimum absolute atomic E-state index is 0.134. The average molecular weight is 379 g/mol. The Bertz CT molecular complexity index is 805. The molecular weight excluding hydrogens is 363 g/mol. The van der Waals surface area contributed by atoms with Crippen LogP contribution in [-0.4, -0.2) is 24.5 Å². The molecule has 1 atom stereocenters. The van der Waals surface area contributed by atoms with E-state index in [4.69, 9.17) is 27.9 Å². The van der Waals surface area contributed by atoms with E-state index in [9.17, 15) is 9.59 Å². The van der Waals surface area contributed by atoms with Crippen LogP contribution in [0.2, 0.25) is 10.0 Å². The first kappa shape index (κ1) is 17.6. The molecule has 2 aromatic carbocycles. The highest BCUT2D eigenvalue weighted by Gasteiger charge is 2.29. The van der Waals surface area contributed by atoms with Gasteiger partial charge < -0.3 is 15.0 Å². The number of hydrogen-bond acceptors (Lipinski definition) is 3. The second kappa shape index (κ2) is 7.33. The number of para-hydroxylation sites is 3. The second-order valence-electron chi connectivity index (χ2n) is 5.72. The standard InChI is InChI=1S/C18H16Cl2N2O3/c1-11-9-16(23)21-14-7-2-3-8-15(14)22(11)17(24)10-25-18-12(19)5-4-6-13(18)20/h2-8,11H,9-10H2,1H3,(H,21,23)/t11-/m0/s1. The molecule has 0 unspecified atom stereocenters. The van der Waals surface area contributed by atoms with Gasteiger partial charge in [0.15, 0.2) is 12.4 Å². The summed E-state index contributed by atoms with van der Waals surface area (Å²) in [6, 6.07) is 11.8. The third-order valence-corrected chi connectivity index (χ3v) is 4.48. The number of hydrogen-bond donors (Lipinski definition) is 1. The molecule has 25 heavy (non-hydrogen) atoms. The lowest BCUT2D eigenvalue weighted by Crippen LogP contribution is -2.41. The van der Waals surface area contributed by atoms with Crippen molar-refractivity contribution >= 4 is 46.4 Å². The number of halogens is 2. The molecule has 2 amide bonds. The number of carbonyl (C=O) groups excluding carboxylic acids is 2. The molecular formula is C18H16Cl2N2O3. The topological polar surface area (TPSA) is 58.6 Å². The van der Waals surface area contributed by atoms with Crippen LogP contribution < -0.4 is 15.0 Å². The fraction of sp³-hybridized carbons (Fsp3) is 0.222. The number of rotatable bonds is 3. The summed E-state index contributed by atoms with van der Waals surface area (Å²) >= 11 is 12.1. The maximum absolute atomic E-state index is 12.8. The largest absolute Gasteiger partial charge is 0.481 e. The maximum atomic E-state index is 12.8. The Morgan fingerprint density at radius 1 is 1.20 bits per heavy atom. The Morgan fingerprint density at radius 2 is 1.88 bits per heavy atom. The molecule has 1 aliphatic rings. The van der Waals surface area contributed by atoms with Crippen LogP contribution in [0.15, 0.2) is 42.5 Å². The van der Waals surface area contributed by atoms with Gasteiger partial charge in [-0.2, -0.15) is 0 Å². The quantitative estimate of drug-likeness (QED) is 0.872. The van der Waals surface area contributed by atoms with Gasteiger partial charge >= 0.3 is 0 Å². The van der Waals surface area contributed by atoms with Crippen LogP contribution in [0.5, 0.6) is 5.75 Å². The highest BCUT2D eigenvalue weighted by atomic mass is 35.5. The zero-order valence-electron chi connectivity index (χ0n) is 13.5. The fourth-order valence-corrected chi connectivity index (χ4v) is 3.30. The van der Waals surface area contributed by atoms with Crippen molar-refractivity contribution < 1.29 is 14.3 Å². The lowest BCUT2D eigenvalue weighted by Gasteiger charge is -2.27. The number of amides is 2. The van der Waals surface area contributed by atoms with E-state index in [1.54, 1.807) is 41.3 Å². The Balaban J connectivity index is 1.84. The average Bonchev–Trinajstić information content (AvgIpc) is 2.68. The summed E-state index contributed by atoms with van der Waals surface area (Å²) < 4.78 is 5.55. The number of nitrogens with one attached hydrogen (secondary N) is 1. The summed E-state index contributed by atoms with van der Waals surface area (Å²) in [4.78, 5) is 26.3. The van der Waals surface area contributed by atoms with Gasteiger partial charge in [0.25, 0.3) is 5.91 Å². The molecule has 1 aliphatic heterocycles. The first-order valence-electron chi connectivity index (χ1n) is 7.75. The summed E-state index contributed by atoms with van der Waals surface area (Å²) in [6.45, 7) is 1.58. The maximum Gasteiger partial charge on any atom is 0.265 e. The van der Waals surface area contributed by atoms with Crippen molar-refractivity contribution in [2.45, 2.75) is 19.4 Å². The van der Waals surface area contributed by atoms with Crippen LogP contribution in [-0.2, 0) is 9.59 Å². The van der Waals surface area contributed by atoms with E-state index in [0.717, 1.165) is 0 Å². The van der Waals surface area contributed by atoms with E-state index < -0.39 is 0 Å². The van der Waals surface area contributed by atoms with E-state index in [2.05, 4.69) is 5.32 Å². The summed E-state index contributed by atoms with van der Waals surface area (Å²) in [5, 5.41) is 3.48. The first-order valence-corrected chi connectivity index (χ1v) is 8.50. The number of fused-ring (bicyclic) bond motifs is 1. The number of nitrogens with zero attached hydrogens (tertiary/aromatic N) is 1. The van der Waals surface area contributed by atoms with E-state index >= 15 is 0 Å². The molecule has 2 aromatic rings. The van der Waals surface area contributed by atoms with Gasteiger partial charge in [0.1, 0.15) is 0 Å². The van der Waals surface area contributed by atoms with Crippen molar-refractivity contribution in [2.75, 3.05) is 16.8 Å². The monoisotopic (exact) mass is 378 g/mol. The number of carbonyl (C=O) groups is 2. The molecule has 0 spiro atoms. The van der Waals surface area contributed by atoms with Crippen molar-refractivity contribution in [3.05, 3.63) is 52.5 Å². The third kappa shape index (κ3) is 3.72. The molecule has 0 bridgehead atoms. The summed E-state index contributed by atoms with van der Waals surface area (Å²) in [5.74, 6) is -0.151. The highest BCUT2D eigenvalue weighted by molar-refractivity contribution is 6.37. The van der Waals surface area contributed by atoms with Crippen molar-refractivity contribution in [1.82, 2.24) is 0 Å². The fourth-order valence-electron chi connectivity index (χ4n) is 2.79. The third-order valence-electron chi connectivity index (χ3n) is 3.89. The Morgan fingerprint density at radius 3 is 2.60 bits per heavy atom. The lowest BCUT2D eigenvalue weighted by molar-refractivity contribution is -0.121. The molecule has 5 nitrogen and oxygen atoms in total. The van der Waals surface area contributed by atoms with Gasteiger partial charge in [0, 0.05) is 12.5 Å². The first-order chi connectivity index (χ1) is 12.0. The molecule has 1 N–H and O–H groups in total. The molecule has 7 heteroatoms. The number of benzene rings is 2. The molecule has 0 saturated carbocycles. The van der Waals surface area contributed by atoms with Gasteiger partial charge in [-0.25, -0.2) is 0 Å². The smallest absolute Gasteiger partial charge is 0.265 e. The highest BCUT2D eigenvalue weighted by Crippen LogP contribution is 2.34. The van der Waals surface area contributed by atoms with Gasteiger partial charge in [0.2, 0.25) is 5.91 Å². The summed E-state index contributed by atoms with van der Waals surface area (Å²) in [6.07, 6.45) is 0.202. The van der Waals surface area contributed by atoms with Crippen molar-refractivity contribution in [3.63, 3.8) is 0 Å². The van der Waals surface area contributed by atoms with E-state index in [-0.39, 0.29) is 36.6 Å². The SMILES string of the molecule is C[C@H]1CC(=O)Nc2ccccc2N1C(=O)COc1c(Cl)cccc1Cl. The minimum Gasteiger partial charge on any atom is -0.481 e. The van der Waals surface area contributed by atoms with Crippen LogP contribution in [0, 0.1) is 0 Å². The Hall–Kier alpha value is -2.24. The number of anilines is 2. The van der Waals surface area contributed by atoms with Gasteiger partial charge in [0.05, 0.1) is 21.4 Å². The van der Waals surface area contributed by atoms with Crippen molar-refractivity contribution in [3.8, 4) is 5.75 Å². The van der Waals surface area contributed by atoms with Gasteiger partial charge in [-0.05, 0) is 31.2 Å². The van der Waals surface area contributed by atoms with Crippen molar-refractivity contribution in [1.29, 1.82) is 0 Å². The van der Waals surface area contributed by atoms with E-state index in [1.807, 2.05) is 13.0 Å². The molecule has 0 fully saturated rings. The van der Waals surface area contributed by atoms with Crippen LogP contribution in [0.3, 0.4) is 0 Å². The molecule has 0 saturated heterocycles. The summed E-state index contributed by atoms with van der Waals surface area (Å²) in [5.41, 5.74) is 1.24. The minimum atomic E-state index is -0.304. The van der Waals surface area contributed by atoms with Crippen LogP contribution in [0.4, 0.5) is 11.4 Å². The predicted molar refractivity (Wildman–Crippen MR) is 98.6 cm³/mol. The zero-order chi connectivity index (χ0) is 18.0. The van der Waals surface area contributed by atoms with Crippen LogP contribution in [0.25, 0.3) is 0 Å². The van der Waals surface area contributed by atoms with Crippen LogP contribution >= 0.6 is 23.2 Å². The van der Waals surface area contributed by atoms with Gasteiger partial charge in [-0.3, -0.25) is 9.59 Å². The number of ether oxygens (including phenoxy) is 1. The second-order valence-corrected chi connectivity index (χ2v) is 6.54. The molecule has 0 aliphatic carbocycles. The Labute approximate surface area is 155 Å². The van der Waals surface area contributed by atoms with E-state index in [0.29, 0.717) is 21.4 Å².